The summed E-state index contributed by atoms with van der Waals surface area (Å²) >= 11 is 0. The molecule has 0 aromatic heterocycles. The molecule has 2 nitrogen and oxygen atoms in total. The van der Waals surface area contributed by atoms with Gasteiger partial charge in [0.15, 0.2) is 0 Å². The first kappa shape index (κ1) is 14.9. The van der Waals surface area contributed by atoms with Crippen LogP contribution < -0.4 is 0 Å². The van der Waals surface area contributed by atoms with Gasteiger partial charge in [-0.25, -0.2) is 4.79 Å². The molecule has 0 fully saturated rings. The highest BCUT2D eigenvalue weighted by atomic mass is 16.5. The minimum atomic E-state index is -0.381. The molecule has 0 amide bonds. The van der Waals surface area contributed by atoms with Crippen LogP contribution in [0.5, 0.6) is 0 Å². The summed E-state index contributed by atoms with van der Waals surface area (Å²) in [7, 11) is 1.33. The predicted molar refractivity (Wildman–Crippen MR) is 61.0 cm³/mol. The van der Waals surface area contributed by atoms with Crippen molar-refractivity contribution in [2.24, 2.45) is 0 Å². The molecule has 14 heavy (non-hydrogen) atoms. The van der Waals surface area contributed by atoms with Gasteiger partial charge in [0, 0.05) is 0 Å². The lowest BCUT2D eigenvalue weighted by molar-refractivity contribution is -0.135. The second-order valence-electron chi connectivity index (χ2n) is 1.94. The van der Waals surface area contributed by atoms with Crippen LogP contribution in [0.15, 0.2) is 49.1 Å². The van der Waals surface area contributed by atoms with E-state index in [1.54, 1.807) is 24.3 Å². The van der Waals surface area contributed by atoms with Crippen molar-refractivity contribution in [3.05, 3.63) is 49.1 Å². The molecule has 0 radical (unpaired) electrons. The van der Waals surface area contributed by atoms with Crippen LogP contribution in [0.1, 0.15) is 13.8 Å². The number of carbonyl (C=O) groups excluding carboxylic acids is 1. The minimum absolute atomic E-state index is 0.381. The van der Waals surface area contributed by atoms with Crippen LogP contribution >= 0.6 is 0 Å². The third kappa shape index (κ3) is 7.10. The van der Waals surface area contributed by atoms with Crippen molar-refractivity contribution in [3.8, 4) is 0 Å². The van der Waals surface area contributed by atoms with Crippen molar-refractivity contribution in [1.82, 2.24) is 0 Å². The molecule has 0 aliphatic carbocycles. The summed E-state index contributed by atoms with van der Waals surface area (Å²) in [6, 6.07) is 0. The minimum Gasteiger partial charge on any atom is -0.465 e. The summed E-state index contributed by atoms with van der Waals surface area (Å²) in [6.45, 7) is 11.0. The van der Waals surface area contributed by atoms with Gasteiger partial charge in [0.25, 0.3) is 0 Å². The molecule has 0 unspecified atom stereocenters. The van der Waals surface area contributed by atoms with Gasteiger partial charge in [-0.2, -0.15) is 0 Å². The summed E-state index contributed by atoms with van der Waals surface area (Å²) < 4.78 is 4.52. The number of carbonyl (C=O) groups is 1. The normalized spacial score (nSPS) is 10.1. The Morgan fingerprint density at radius 1 is 1.21 bits per heavy atom. The first-order chi connectivity index (χ1) is 6.76. The summed E-state index contributed by atoms with van der Waals surface area (Å²) in [5.74, 6) is -0.381. The third-order valence-corrected chi connectivity index (χ3v) is 1.13. The predicted octanol–water partition coefficient (Wildman–Crippen LogP) is 3.04. The zero-order chi connectivity index (χ0) is 11.4. The SMILES string of the molecule is C=C/C=C\C(=C/C=C)C(=O)OC.CC. The van der Waals surface area contributed by atoms with Crippen molar-refractivity contribution in [2.75, 3.05) is 7.11 Å². The van der Waals surface area contributed by atoms with Crippen LogP contribution in [0.25, 0.3) is 0 Å². The molecule has 0 spiro atoms. The van der Waals surface area contributed by atoms with Crippen LogP contribution in [-0.4, -0.2) is 13.1 Å². The van der Waals surface area contributed by atoms with Gasteiger partial charge in [-0.15, -0.1) is 0 Å². The van der Waals surface area contributed by atoms with E-state index in [0.29, 0.717) is 5.57 Å². The molecular formula is C12H18O2. The number of methoxy groups -OCH3 is 1. The zero-order valence-electron chi connectivity index (χ0n) is 9.12. The highest BCUT2D eigenvalue weighted by Crippen LogP contribution is 2.00. The Morgan fingerprint density at radius 3 is 2.14 bits per heavy atom. The average Bonchev–Trinajstić information content (AvgIpc) is 2.26. The number of ether oxygens (including phenoxy) is 1. The zero-order valence-corrected chi connectivity index (χ0v) is 9.12. The molecule has 0 bridgehead atoms. The van der Waals surface area contributed by atoms with E-state index in [4.69, 9.17) is 0 Å². The van der Waals surface area contributed by atoms with Gasteiger partial charge in [-0.1, -0.05) is 45.2 Å². The lowest BCUT2D eigenvalue weighted by atomic mass is 10.2. The van der Waals surface area contributed by atoms with Gasteiger partial charge in [0.1, 0.15) is 0 Å². The molecule has 0 saturated carbocycles. The standard InChI is InChI=1S/C10H12O2.C2H6/c1-4-6-8-9(7-5-2)10(11)12-3;1-2/h4-8H,1-2H2,3H3;1-2H3/b8-6-,9-7+;. The van der Waals surface area contributed by atoms with Gasteiger partial charge in [-0.05, 0) is 12.2 Å². The maximum atomic E-state index is 11.0. The van der Waals surface area contributed by atoms with Gasteiger partial charge < -0.3 is 4.74 Å². The van der Waals surface area contributed by atoms with E-state index in [2.05, 4.69) is 17.9 Å². The van der Waals surface area contributed by atoms with Crippen LogP contribution in [-0.2, 0) is 9.53 Å². The monoisotopic (exact) mass is 194 g/mol. The van der Waals surface area contributed by atoms with Crippen LogP contribution in [0.4, 0.5) is 0 Å². The first-order valence-electron chi connectivity index (χ1n) is 4.46. The fourth-order valence-electron chi connectivity index (χ4n) is 0.608. The Bertz CT molecular complexity index is 235. The Kier molecular flexibility index (Phi) is 12.2. The van der Waals surface area contributed by atoms with Crippen LogP contribution in [0, 0.1) is 0 Å². The van der Waals surface area contributed by atoms with E-state index in [9.17, 15) is 4.79 Å². The Hall–Kier alpha value is -1.57. The molecule has 0 aliphatic heterocycles. The lowest BCUT2D eigenvalue weighted by Gasteiger charge is -1.96. The number of esters is 1. The second kappa shape index (κ2) is 11.4. The fourth-order valence-corrected chi connectivity index (χ4v) is 0.608. The summed E-state index contributed by atoms with van der Waals surface area (Å²) in [4.78, 5) is 11.0. The van der Waals surface area contributed by atoms with Crippen molar-refractivity contribution in [1.29, 1.82) is 0 Å². The summed E-state index contributed by atoms with van der Waals surface area (Å²) in [5.41, 5.74) is 0.451. The van der Waals surface area contributed by atoms with Gasteiger partial charge >= 0.3 is 5.97 Å². The van der Waals surface area contributed by atoms with Gasteiger partial charge in [0.05, 0.1) is 12.7 Å². The van der Waals surface area contributed by atoms with E-state index in [1.165, 1.54) is 13.2 Å². The fraction of sp³-hybridized carbons (Fsp3) is 0.250. The number of hydrogen-bond acceptors (Lipinski definition) is 2. The molecule has 0 heterocycles. The Labute approximate surface area is 86.3 Å². The molecule has 0 aromatic rings. The van der Waals surface area contributed by atoms with Crippen LogP contribution in [0.3, 0.4) is 0 Å². The second-order valence-corrected chi connectivity index (χ2v) is 1.94. The highest BCUT2D eigenvalue weighted by molar-refractivity contribution is 5.91. The lowest BCUT2D eigenvalue weighted by Crippen LogP contribution is -2.01. The Balaban J connectivity index is 0. The topological polar surface area (TPSA) is 26.3 Å². The molecule has 0 saturated heterocycles. The molecule has 0 aliphatic rings. The van der Waals surface area contributed by atoms with Crippen molar-refractivity contribution in [3.63, 3.8) is 0 Å². The van der Waals surface area contributed by atoms with Crippen molar-refractivity contribution in [2.45, 2.75) is 13.8 Å². The molecule has 0 aromatic carbocycles. The average molecular weight is 194 g/mol. The van der Waals surface area contributed by atoms with E-state index >= 15 is 0 Å². The molecule has 2 heteroatoms. The molecule has 0 rings (SSSR count). The smallest absolute Gasteiger partial charge is 0.337 e. The van der Waals surface area contributed by atoms with E-state index < -0.39 is 0 Å². The number of hydrogen-bond donors (Lipinski definition) is 0. The van der Waals surface area contributed by atoms with Crippen molar-refractivity contribution < 1.29 is 9.53 Å². The van der Waals surface area contributed by atoms with Gasteiger partial charge in [0.2, 0.25) is 0 Å². The third-order valence-electron chi connectivity index (χ3n) is 1.13. The van der Waals surface area contributed by atoms with Crippen LogP contribution in [0.2, 0.25) is 0 Å². The van der Waals surface area contributed by atoms with Crippen molar-refractivity contribution >= 4 is 5.97 Å². The Morgan fingerprint density at radius 2 is 1.79 bits per heavy atom. The van der Waals surface area contributed by atoms with E-state index in [0.717, 1.165) is 0 Å². The van der Waals surface area contributed by atoms with Gasteiger partial charge in [-0.3, -0.25) is 0 Å². The maximum absolute atomic E-state index is 11.0. The summed E-state index contributed by atoms with van der Waals surface area (Å²) in [5, 5.41) is 0. The highest BCUT2D eigenvalue weighted by Gasteiger charge is 2.02. The van der Waals surface area contributed by atoms with E-state index in [1.807, 2.05) is 13.8 Å². The van der Waals surface area contributed by atoms with E-state index in [-0.39, 0.29) is 5.97 Å². The quantitative estimate of drug-likeness (QED) is 0.390. The molecule has 0 atom stereocenters. The first-order valence-corrected chi connectivity index (χ1v) is 4.46. The largest absolute Gasteiger partial charge is 0.465 e. The maximum Gasteiger partial charge on any atom is 0.337 e. The number of rotatable bonds is 4. The summed E-state index contributed by atoms with van der Waals surface area (Å²) in [6.07, 6.45) is 7.96. The molecule has 0 N–H and O–H groups in total. The number of allylic oxidation sites excluding steroid dienone is 4. The molecular weight excluding hydrogens is 176 g/mol. The molecule has 78 valence electrons.